The van der Waals surface area contributed by atoms with Gasteiger partial charge in [-0.15, -0.1) is 6.42 Å². The van der Waals surface area contributed by atoms with Gasteiger partial charge >= 0.3 is 0 Å². The number of terminal acetylenes is 1. The molecule has 11 heteroatoms. The van der Waals surface area contributed by atoms with Gasteiger partial charge in [-0.1, -0.05) is 29.7 Å². The Balaban J connectivity index is 1.37. The Labute approximate surface area is 247 Å². The third-order valence-electron chi connectivity index (χ3n) is 6.29. The van der Waals surface area contributed by atoms with E-state index in [2.05, 4.69) is 26.5 Å². The number of hydrogen-bond donors (Lipinski definition) is 2. The quantitative estimate of drug-likeness (QED) is 0.169. The fourth-order valence-electron chi connectivity index (χ4n) is 4.35. The Bertz CT molecular complexity index is 1890. The molecule has 214 valence electrons. The van der Waals surface area contributed by atoms with Crippen LogP contribution < -0.4 is 15.4 Å². The molecule has 2 heterocycles. The van der Waals surface area contributed by atoms with Gasteiger partial charge in [0.1, 0.15) is 51.7 Å². The zero-order chi connectivity index (χ0) is 29.7. The van der Waals surface area contributed by atoms with Gasteiger partial charge in [-0.2, -0.15) is 0 Å². The van der Waals surface area contributed by atoms with E-state index in [1.165, 1.54) is 24.7 Å². The third-order valence-corrected chi connectivity index (χ3v) is 7.52. The molecule has 42 heavy (non-hydrogen) atoms. The van der Waals surface area contributed by atoms with Gasteiger partial charge in [-0.25, -0.2) is 22.8 Å². The summed E-state index contributed by atoms with van der Waals surface area (Å²) in [5.74, 6) is 3.99. The Morgan fingerprint density at radius 2 is 1.95 bits per heavy atom. The van der Waals surface area contributed by atoms with E-state index >= 15 is 0 Å². The highest BCUT2D eigenvalue weighted by Gasteiger charge is 2.21. The second kappa shape index (κ2) is 12.6. The van der Waals surface area contributed by atoms with Crippen LogP contribution in [0.3, 0.4) is 0 Å². The van der Waals surface area contributed by atoms with Crippen LogP contribution >= 0.6 is 11.6 Å². The second-order valence-corrected chi connectivity index (χ2v) is 12.2. The highest BCUT2D eigenvalue weighted by molar-refractivity contribution is 7.90. The molecule has 0 saturated carbocycles. The molecule has 3 aromatic carbocycles. The summed E-state index contributed by atoms with van der Waals surface area (Å²) in [6, 6.07) is 19.9. The van der Waals surface area contributed by atoms with Crippen molar-refractivity contribution in [1.29, 1.82) is 0 Å². The number of nitrogens with zero attached hydrogens (tertiary/aromatic N) is 2. The summed E-state index contributed by atoms with van der Waals surface area (Å²) in [7, 11) is -3.29. The van der Waals surface area contributed by atoms with Gasteiger partial charge in [0.15, 0.2) is 0 Å². The Hall–Kier alpha value is -4.43. The lowest BCUT2D eigenvalue weighted by Crippen LogP contribution is -2.27. The number of benzene rings is 3. The van der Waals surface area contributed by atoms with Crippen LogP contribution in [0.4, 0.5) is 15.9 Å². The van der Waals surface area contributed by atoms with Crippen LogP contribution in [0.15, 0.2) is 83.5 Å². The highest BCUT2D eigenvalue weighted by Crippen LogP contribution is 2.33. The third kappa shape index (κ3) is 7.25. The molecule has 0 aliphatic carbocycles. The fourth-order valence-corrected chi connectivity index (χ4v) is 5.47. The minimum Gasteiger partial charge on any atom is -0.487 e. The molecule has 0 aliphatic rings. The summed E-state index contributed by atoms with van der Waals surface area (Å²) >= 11 is 6.48. The van der Waals surface area contributed by atoms with Crippen molar-refractivity contribution in [2.75, 3.05) is 23.9 Å². The van der Waals surface area contributed by atoms with E-state index in [1.807, 2.05) is 18.2 Å². The summed E-state index contributed by atoms with van der Waals surface area (Å²) in [4.78, 5) is 8.79. The van der Waals surface area contributed by atoms with Gasteiger partial charge < -0.3 is 14.5 Å². The Kier molecular flexibility index (Phi) is 8.73. The number of aromatic nitrogens is 2. The van der Waals surface area contributed by atoms with Crippen molar-refractivity contribution in [3.05, 3.63) is 101 Å². The van der Waals surface area contributed by atoms with Gasteiger partial charge in [-0.3, -0.25) is 5.32 Å². The van der Waals surface area contributed by atoms with Crippen molar-refractivity contribution < 1.29 is 22.0 Å². The maximum atomic E-state index is 13.5. The molecule has 8 nitrogen and oxygen atoms in total. The number of furan rings is 1. The fraction of sp³-hybridized carbons (Fsp3) is 0.161. The van der Waals surface area contributed by atoms with E-state index in [-0.39, 0.29) is 24.7 Å². The van der Waals surface area contributed by atoms with Crippen LogP contribution in [-0.2, 0) is 16.4 Å². The Morgan fingerprint density at radius 1 is 1.10 bits per heavy atom. The first-order chi connectivity index (χ1) is 20.2. The van der Waals surface area contributed by atoms with Gasteiger partial charge in [0.25, 0.3) is 0 Å². The molecule has 5 rings (SSSR count). The summed E-state index contributed by atoms with van der Waals surface area (Å²) in [5, 5.41) is 7.41. The van der Waals surface area contributed by atoms with Crippen molar-refractivity contribution in [3.8, 4) is 29.4 Å². The Morgan fingerprint density at radius 3 is 2.71 bits per heavy atom. The summed E-state index contributed by atoms with van der Waals surface area (Å²) in [6.07, 6.45) is 7.98. The summed E-state index contributed by atoms with van der Waals surface area (Å²) in [6.45, 7) is 0.371. The van der Waals surface area contributed by atoms with E-state index in [0.29, 0.717) is 44.9 Å². The normalized spacial score (nSPS) is 12.1. The van der Waals surface area contributed by atoms with Crippen molar-refractivity contribution in [3.63, 3.8) is 0 Å². The number of halogens is 2. The first-order valence-corrected chi connectivity index (χ1v) is 15.3. The molecule has 0 bridgehead atoms. The predicted molar refractivity (Wildman–Crippen MR) is 162 cm³/mol. The number of sulfone groups is 1. The first-order valence-electron chi connectivity index (χ1n) is 12.8. The van der Waals surface area contributed by atoms with E-state index in [4.69, 9.17) is 27.2 Å². The molecule has 0 amide bonds. The van der Waals surface area contributed by atoms with Gasteiger partial charge in [0.05, 0.1) is 28.9 Å². The van der Waals surface area contributed by atoms with Crippen molar-refractivity contribution in [2.24, 2.45) is 0 Å². The van der Waals surface area contributed by atoms with E-state index in [9.17, 15) is 12.8 Å². The zero-order valence-corrected chi connectivity index (χ0v) is 24.0. The minimum atomic E-state index is -3.29. The summed E-state index contributed by atoms with van der Waals surface area (Å²) < 4.78 is 49.2. The predicted octanol–water partition coefficient (Wildman–Crippen LogP) is 6.31. The number of ether oxygens (including phenoxy) is 1. The molecule has 0 aliphatic heterocycles. The lowest BCUT2D eigenvalue weighted by atomic mass is 10.1. The van der Waals surface area contributed by atoms with Crippen LogP contribution in [0.1, 0.15) is 17.4 Å². The molecule has 2 N–H and O–H groups in total. The monoisotopic (exact) mass is 604 g/mol. The van der Waals surface area contributed by atoms with Crippen molar-refractivity contribution in [2.45, 2.75) is 12.6 Å². The van der Waals surface area contributed by atoms with Crippen LogP contribution in [-0.4, -0.2) is 36.9 Å². The van der Waals surface area contributed by atoms with Crippen molar-refractivity contribution in [1.82, 2.24) is 15.3 Å². The smallest absolute Gasteiger partial charge is 0.149 e. The molecule has 0 spiro atoms. The number of rotatable bonds is 11. The van der Waals surface area contributed by atoms with Crippen LogP contribution in [0.5, 0.6) is 5.75 Å². The average Bonchev–Trinajstić information content (AvgIpc) is 3.45. The highest BCUT2D eigenvalue weighted by atomic mass is 35.5. The number of anilines is 2. The number of nitrogens with one attached hydrogen (secondary N) is 2. The molecule has 2 aromatic heterocycles. The van der Waals surface area contributed by atoms with E-state index in [0.717, 1.165) is 10.9 Å². The standard InChI is InChI=1S/C31H26ClFN4O4S/c1-3-13-34-27(18-42(2,38)39)30-12-11-28(41-30)21-7-9-26-24(15-21)31(36-19-35-26)37-23-8-10-29(25(32)16-23)40-17-20-5-4-6-22(33)14-20/h1,4-12,14-16,19,27,34H,13,17-18H2,2H3,(H,35,36,37)/t27-/m0/s1. The minimum absolute atomic E-state index is 0.154. The maximum Gasteiger partial charge on any atom is 0.149 e. The van der Waals surface area contributed by atoms with Gasteiger partial charge in [0.2, 0.25) is 0 Å². The van der Waals surface area contributed by atoms with Crippen LogP contribution in [0, 0.1) is 18.2 Å². The van der Waals surface area contributed by atoms with Crippen molar-refractivity contribution >= 4 is 43.8 Å². The topological polar surface area (TPSA) is 106 Å². The van der Waals surface area contributed by atoms with Gasteiger partial charge in [0, 0.05) is 22.9 Å². The largest absolute Gasteiger partial charge is 0.487 e. The van der Waals surface area contributed by atoms with Crippen LogP contribution in [0.25, 0.3) is 22.2 Å². The lowest BCUT2D eigenvalue weighted by Gasteiger charge is -2.14. The maximum absolute atomic E-state index is 13.5. The first kappa shape index (κ1) is 29.1. The molecule has 1 atom stereocenters. The number of hydrogen-bond acceptors (Lipinski definition) is 8. The molecular formula is C31H26ClFN4O4S. The van der Waals surface area contributed by atoms with Gasteiger partial charge in [-0.05, 0) is 66.2 Å². The van der Waals surface area contributed by atoms with Crippen LogP contribution in [0.2, 0.25) is 5.02 Å². The summed E-state index contributed by atoms with van der Waals surface area (Å²) in [5.41, 5.74) is 2.82. The average molecular weight is 605 g/mol. The molecule has 0 saturated heterocycles. The molecule has 0 fully saturated rings. The molecule has 0 unspecified atom stereocenters. The lowest BCUT2D eigenvalue weighted by molar-refractivity contribution is 0.306. The SMILES string of the molecule is C#CCN[C@@H](CS(C)(=O)=O)c1ccc(-c2ccc3ncnc(Nc4ccc(OCc5cccc(F)c5)c(Cl)c4)c3c2)o1. The molecule has 0 radical (unpaired) electrons. The van der Waals surface area contributed by atoms with E-state index < -0.39 is 15.9 Å². The zero-order valence-electron chi connectivity index (χ0n) is 22.5. The number of fused-ring (bicyclic) bond motifs is 1. The molecular weight excluding hydrogens is 579 g/mol. The second-order valence-electron chi connectivity index (χ2n) is 9.58. The van der Waals surface area contributed by atoms with E-state index in [1.54, 1.807) is 42.5 Å². The molecule has 5 aromatic rings.